The van der Waals surface area contributed by atoms with Crippen LogP contribution < -0.4 is 14.8 Å². The minimum atomic E-state index is -0.720. The average Bonchev–Trinajstić information content (AvgIpc) is 2.84. The topological polar surface area (TPSA) is 100 Å². The lowest BCUT2D eigenvalue weighted by atomic mass is 9.80. The van der Waals surface area contributed by atoms with Crippen molar-refractivity contribution < 1.29 is 33.3 Å². The molecule has 1 heterocycles. The van der Waals surface area contributed by atoms with Crippen LogP contribution in [0, 0.1) is 0 Å². The number of halogens is 1. The van der Waals surface area contributed by atoms with Gasteiger partial charge in [-0.3, -0.25) is 0 Å². The zero-order chi connectivity index (χ0) is 26.2. The molecule has 0 fully saturated rings. The summed E-state index contributed by atoms with van der Waals surface area (Å²) in [5.74, 6) is -1.60. The number of dihydropyridines is 1. The summed E-state index contributed by atoms with van der Waals surface area (Å²) in [4.78, 5) is 38.0. The van der Waals surface area contributed by atoms with Gasteiger partial charge >= 0.3 is 17.9 Å². The molecule has 0 atom stereocenters. The number of carbonyl (C=O) groups is 3. The minimum absolute atomic E-state index is 0.187. The van der Waals surface area contributed by atoms with Gasteiger partial charge in [0.25, 0.3) is 0 Å². The Bertz CT molecular complexity index is 1140. The van der Waals surface area contributed by atoms with Crippen molar-refractivity contribution in [1.82, 2.24) is 5.32 Å². The van der Waals surface area contributed by atoms with Crippen molar-refractivity contribution >= 4 is 29.5 Å². The molecule has 190 valence electrons. The zero-order valence-corrected chi connectivity index (χ0v) is 21.3. The van der Waals surface area contributed by atoms with Gasteiger partial charge in [-0.1, -0.05) is 23.7 Å². The second-order valence-electron chi connectivity index (χ2n) is 7.86. The zero-order valence-electron chi connectivity index (χ0n) is 20.6. The first-order valence-electron chi connectivity index (χ1n) is 11.5. The molecule has 0 spiro atoms. The standard InChI is InChI=1S/C27H28ClNO7/c1-5-33-26(31)23-16(3)29-17(4)24(27(32)34-6-2)25(23)18-7-11-21(12-8-18)36-22(30)15-35-20-13-9-19(28)10-14-20/h7-14,25,29H,5-6,15H2,1-4H3. The molecule has 0 bridgehead atoms. The van der Waals surface area contributed by atoms with Crippen molar-refractivity contribution in [3.8, 4) is 11.5 Å². The summed E-state index contributed by atoms with van der Waals surface area (Å²) in [5, 5.41) is 3.65. The molecular weight excluding hydrogens is 486 g/mol. The highest BCUT2D eigenvalue weighted by atomic mass is 35.5. The average molecular weight is 514 g/mol. The Morgan fingerprint density at radius 3 is 1.81 bits per heavy atom. The summed E-state index contributed by atoms with van der Waals surface area (Å²) >= 11 is 5.84. The van der Waals surface area contributed by atoms with Crippen LogP contribution >= 0.6 is 11.6 Å². The molecule has 0 aromatic heterocycles. The van der Waals surface area contributed by atoms with E-state index in [2.05, 4.69) is 5.32 Å². The van der Waals surface area contributed by atoms with Gasteiger partial charge in [-0.2, -0.15) is 0 Å². The van der Waals surface area contributed by atoms with Crippen molar-refractivity contribution in [2.45, 2.75) is 33.6 Å². The molecule has 0 saturated carbocycles. The number of rotatable bonds is 9. The number of carbonyl (C=O) groups excluding carboxylic acids is 3. The van der Waals surface area contributed by atoms with Gasteiger partial charge in [0.15, 0.2) is 6.61 Å². The van der Waals surface area contributed by atoms with Crippen LogP contribution in [0.25, 0.3) is 0 Å². The molecule has 0 aliphatic carbocycles. The Balaban J connectivity index is 1.82. The van der Waals surface area contributed by atoms with E-state index >= 15 is 0 Å². The maximum Gasteiger partial charge on any atom is 0.349 e. The lowest BCUT2D eigenvalue weighted by Crippen LogP contribution is -2.32. The van der Waals surface area contributed by atoms with E-state index < -0.39 is 23.8 Å². The molecule has 0 unspecified atom stereocenters. The largest absolute Gasteiger partial charge is 0.482 e. The predicted molar refractivity (Wildman–Crippen MR) is 134 cm³/mol. The summed E-state index contributed by atoms with van der Waals surface area (Å²) in [6, 6.07) is 13.2. The second kappa shape index (κ2) is 12.3. The highest BCUT2D eigenvalue weighted by Crippen LogP contribution is 2.39. The molecule has 2 aromatic rings. The van der Waals surface area contributed by atoms with Gasteiger partial charge in [0.05, 0.1) is 30.3 Å². The van der Waals surface area contributed by atoms with Crippen LogP contribution in [-0.4, -0.2) is 37.7 Å². The van der Waals surface area contributed by atoms with Crippen molar-refractivity contribution in [1.29, 1.82) is 0 Å². The number of benzene rings is 2. The quantitative estimate of drug-likeness (QED) is 0.381. The van der Waals surface area contributed by atoms with Crippen LogP contribution in [0.4, 0.5) is 0 Å². The van der Waals surface area contributed by atoms with E-state index in [1.807, 2.05) is 0 Å². The highest BCUT2D eigenvalue weighted by molar-refractivity contribution is 6.30. The molecular formula is C27H28ClNO7. The summed E-state index contributed by atoms with van der Waals surface area (Å²) in [6.45, 7) is 7.02. The van der Waals surface area contributed by atoms with Gasteiger partial charge in [-0.25, -0.2) is 14.4 Å². The SMILES string of the molecule is CCOC(=O)C1=C(C)NC(C)=C(C(=O)OCC)C1c1ccc(OC(=O)COc2ccc(Cl)cc2)cc1. The Morgan fingerprint density at radius 1 is 0.806 bits per heavy atom. The van der Waals surface area contributed by atoms with E-state index in [4.69, 9.17) is 30.5 Å². The lowest BCUT2D eigenvalue weighted by Gasteiger charge is -2.30. The van der Waals surface area contributed by atoms with E-state index in [0.29, 0.717) is 38.9 Å². The van der Waals surface area contributed by atoms with Gasteiger partial charge in [0.1, 0.15) is 11.5 Å². The molecule has 0 amide bonds. The summed E-state index contributed by atoms with van der Waals surface area (Å²) in [5.41, 5.74) is 2.43. The Morgan fingerprint density at radius 2 is 1.31 bits per heavy atom. The van der Waals surface area contributed by atoms with E-state index in [-0.39, 0.29) is 25.6 Å². The van der Waals surface area contributed by atoms with E-state index in [1.54, 1.807) is 76.2 Å². The van der Waals surface area contributed by atoms with E-state index in [0.717, 1.165) is 0 Å². The maximum absolute atomic E-state index is 12.9. The fraction of sp³-hybridized carbons (Fsp3) is 0.296. The Hall–Kier alpha value is -3.78. The monoisotopic (exact) mass is 513 g/mol. The van der Waals surface area contributed by atoms with Crippen molar-refractivity contribution in [2.75, 3.05) is 19.8 Å². The summed E-state index contributed by atoms with van der Waals surface area (Å²) in [6.07, 6.45) is 0. The van der Waals surface area contributed by atoms with Crippen molar-refractivity contribution in [2.24, 2.45) is 0 Å². The molecule has 0 radical (unpaired) electrons. The third-order valence-electron chi connectivity index (χ3n) is 5.37. The van der Waals surface area contributed by atoms with Gasteiger partial charge in [-0.05, 0) is 69.7 Å². The molecule has 2 aromatic carbocycles. The number of esters is 3. The van der Waals surface area contributed by atoms with Gasteiger partial charge < -0.3 is 24.3 Å². The normalized spacial score (nSPS) is 13.7. The molecule has 3 rings (SSSR count). The fourth-order valence-corrected chi connectivity index (χ4v) is 3.97. The highest BCUT2D eigenvalue weighted by Gasteiger charge is 2.37. The molecule has 36 heavy (non-hydrogen) atoms. The van der Waals surface area contributed by atoms with Crippen LogP contribution in [0.5, 0.6) is 11.5 Å². The Labute approximate surface area is 214 Å². The van der Waals surface area contributed by atoms with Crippen LogP contribution in [0.3, 0.4) is 0 Å². The first-order chi connectivity index (χ1) is 17.2. The molecule has 9 heteroatoms. The minimum Gasteiger partial charge on any atom is -0.482 e. The maximum atomic E-state index is 12.9. The molecule has 1 aliphatic heterocycles. The number of nitrogens with one attached hydrogen (secondary N) is 1. The third-order valence-corrected chi connectivity index (χ3v) is 5.62. The van der Waals surface area contributed by atoms with Crippen molar-refractivity contribution in [3.05, 3.63) is 81.7 Å². The molecule has 1 N–H and O–H groups in total. The summed E-state index contributed by atoms with van der Waals surface area (Å²) < 4.78 is 21.3. The van der Waals surface area contributed by atoms with E-state index in [1.165, 1.54) is 0 Å². The molecule has 8 nitrogen and oxygen atoms in total. The summed E-state index contributed by atoms with van der Waals surface area (Å²) in [7, 11) is 0. The number of hydrogen-bond acceptors (Lipinski definition) is 8. The number of ether oxygens (including phenoxy) is 4. The second-order valence-corrected chi connectivity index (χ2v) is 8.30. The molecule has 0 saturated heterocycles. The van der Waals surface area contributed by atoms with Gasteiger partial charge in [-0.15, -0.1) is 0 Å². The van der Waals surface area contributed by atoms with E-state index in [9.17, 15) is 14.4 Å². The van der Waals surface area contributed by atoms with Gasteiger partial charge in [0.2, 0.25) is 0 Å². The van der Waals surface area contributed by atoms with Crippen LogP contribution in [0.1, 0.15) is 39.2 Å². The first-order valence-corrected chi connectivity index (χ1v) is 11.8. The number of hydrogen-bond donors (Lipinski definition) is 1. The van der Waals surface area contributed by atoms with Crippen LogP contribution in [0.2, 0.25) is 5.02 Å². The van der Waals surface area contributed by atoms with Crippen LogP contribution in [-0.2, 0) is 23.9 Å². The first kappa shape index (κ1) is 26.8. The van der Waals surface area contributed by atoms with Crippen molar-refractivity contribution in [3.63, 3.8) is 0 Å². The lowest BCUT2D eigenvalue weighted by molar-refractivity contribution is -0.140. The smallest absolute Gasteiger partial charge is 0.349 e. The molecule has 1 aliphatic rings. The fourth-order valence-electron chi connectivity index (χ4n) is 3.85. The number of allylic oxidation sites excluding steroid dienone is 2. The third kappa shape index (κ3) is 6.46. The van der Waals surface area contributed by atoms with Gasteiger partial charge in [0, 0.05) is 16.4 Å². The predicted octanol–water partition coefficient (Wildman–Crippen LogP) is 4.69. The Kier molecular flexibility index (Phi) is 9.13. The van der Waals surface area contributed by atoms with Crippen LogP contribution in [0.15, 0.2) is 71.1 Å².